The second kappa shape index (κ2) is 7.13. The van der Waals surface area contributed by atoms with E-state index in [0.717, 1.165) is 7.11 Å². The third kappa shape index (κ3) is 3.92. The maximum absolute atomic E-state index is 13.4. The summed E-state index contributed by atoms with van der Waals surface area (Å²) < 4.78 is 140. The van der Waals surface area contributed by atoms with Gasteiger partial charge in [-0.15, -0.1) is 11.3 Å². The van der Waals surface area contributed by atoms with Gasteiger partial charge in [0.2, 0.25) is 10.0 Å². The van der Waals surface area contributed by atoms with Crippen molar-refractivity contribution in [1.29, 1.82) is 0 Å². The molecule has 1 aliphatic rings. The maximum atomic E-state index is 13.4. The first-order valence-electron chi connectivity index (χ1n) is 11.4. The van der Waals surface area contributed by atoms with Crippen LogP contribution < -0.4 is 10.5 Å². The molecule has 8 nitrogen and oxygen atoms in total. The Bertz CT molecular complexity index is 1180. The highest BCUT2D eigenvalue weighted by molar-refractivity contribution is 7.94. The number of sulfonamides is 2. The number of likely N-dealkylation sites (N-methyl/N-ethyl adjacent to an activating group) is 1. The van der Waals surface area contributed by atoms with Gasteiger partial charge in [-0.1, -0.05) is 6.85 Å². The zero-order chi connectivity index (χ0) is 26.9. The first-order chi connectivity index (χ1) is 14.9. The third-order valence-corrected chi connectivity index (χ3v) is 7.06. The van der Waals surface area contributed by atoms with E-state index in [1.807, 2.05) is 0 Å². The number of thiophene rings is 1. The summed E-state index contributed by atoms with van der Waals surface area (Å²) in [5.41, 5.74) is -1.22. The van der Waals surface area contributed by atoms with Crippen molar-refractivity contribution < 1.29 is 36.7 Å². The van der Waals surface area contributed by atoms with Gasteiger partial charge < -0.3 is 10.1 Å². The Labute approximate surface area is 156 Å². The molecule has 0 radical (unpaired) electrons. The van der Waals surface area contributed by atoms with Crippen molar-refractivity contribution in [1.82, 2.24) is 9.62 Å². The largest absolute Gasteiger partial charge is 0.385 e. The first-order valence-corrected chi connectivity index (χ1v) is 9.70. The lowest BCUT2D eigenvalue weighted by molar-refractivity contribution is 0.185. The van der Waals surface area contributed by atoms with Crippen LogP contribution in [0.5, 0.6) is 0 Å². The normalized spacial score (nSPS) is 35.5. The van der Waals surface area contributed by atoms with Gasteiger partial charge in [0, 0.05) is 50.6 Å². The Morgan fingerprint density at radius 2 is 2.52 bits per heavy atom. The number of rotatable bonds is 7. The van der Waals surface area contributed by atoms with Crippen molar-refractivity contribution in [2.75, 3.05) is 33.2 Å². The number of methoxy groups -OCH3 is 1. The van der Waals surface area contributed by atoms with Gasteiger partial charge in [-0.3, -0.25) is 0 Å². The Morgan fingerprint density at radius 3 is 3.13 bits per heavy atom. The summed E-state index contributed by atoms with van der Waals surface area (Å²) in [6.45, 7) is -14.5. The summed E-state index contributed by atoms with van der Waals surface area (Å²) in [6.07, 6.45) is -0.777. The van der Waals surface area contributed by atoms with Crippen molar-refractivity contribution >= 4 is 31.4 Å². The van der Waals surface area contributed by atoms with Crippen LogP contribution in [0.15, 0.2) is 14.5 Å². The zero-order valence-electron chi connectivity index (χ0n) is 22.7. The molecule has 1 atom stereocenters. The molecule has 0 saturated carbocycles. The molecule has 3 N–H and O–H groups in total. The van der Waals surface area contributed by atoms with Crippen LogP contribution in [0.2, 0.25) is 0 Å². The molecular weight excluding hydrogens is 362 g/mol. The molecule has 0 unspecified atom stereocenters. The molecule has 132 valence electrons. The van der Waals surface area contributed by atoms with Gasteiger partial charge in [-0.25, -0.2) is 22.0 Å². The quantitative estimate of drug-likeness (QED) is 0.676. The molecule has 1 aromatic heterocycles. The Hall–Kier alpha value is -0.560. The molecule has 2 heterocycles. The fraction of sp³-hybridized carbons (Fsp3) is 0.667. The summed E-state index contributed by atoms with van der Waals surface area (Å²) in [7, 11) is -8.98. The van der Waals surface area contributed by atoms with Crippen LogP contribution >= 0.6 is 11.3 Å². The van der Waals surface area contributed by atoms with E-state index in [2.05, 4.69) is 0 Å². The molecule has 23 heavy (non-hydrogen) atoms. The van der Waals surface area contributed by atoms with E-state index in [-0.39, 0.29) is 11.3 Å². The summed E-state index contributed by atoms with van der Waals surface area (Å²) >= 11 is -0.162. The van der Waals surface area contributed by atoms with Gasteiger partial charge >= 0.3 is 0 Å². The molecule has 11 heteroatoms. The van der Waals surface area contributed by atoms with Gasteiger partial charge in [-0.05, 0) is 19.0 Å². The fourth-order valence-electron chi connectivity index (χ4n) is 1.62. The average molecular weight is 395 g/mol. The van der Waals surface area contributed by atoms with E-state index in [0.29, 0.717) is 0 Å². The van der Waals surface area contributed by atoms with Crippen molar-refractivity contribution in [2.45, 2.75) is 27.7 Å². The molecule has 1 aliphatic heterocycles. The molecule has 0 spiro atoms. The molecule has 1 aromatic rings. The number of hydrogen-bond donors (Lipinski definition) is 2. The predicted molar refractivity (Wildman–Crippen MR) is 87.4 cm³/mol. The predicted octanol–water partition coefficient (Wildman–Crippen LogP) is 0.0869. The summed E-state index contributed by atoms with van der Waals surface area (Å²) in [5, 5.41) is 6.59. The van der Waals surface area contributed by atoms with E-state index in [1.165, 1.54) is 0 Å². The first kappa shape index (κ1) is 8.70. The number of hydrogen-bond acceptors (Lipinski definition) is 7. The maximum Gasteiger partial charge on any atom is 0.252 e. The highest BCUT2D eigenvalue weighted by Crippen LogP contribution is 2.39. The number of nitrogens with zero attached hydrogens (tertiary/aromatic N) is 1. The van der Waals surface area contributed by atoms with Crippen molar-refractivity contribution in [3.8, 4) is 0 Å². The zero-order valence-corrected chi connectivity index (χ0v) is 14.2. The monoisotopic (exact) mass is 394 g/mol. The summed E-state index contributed by atoms with van der Waals surface area (Å²) in [5.74, 6) is 0. The molecule has 0 aliphatic carbocycles. The highest BCUT2D eigenvalue weighted by Gasteiger charge is 2.39. The molecule has 0 fully saturated rings. The van der Waals surface area contributed by atoms with Crippen molar-refractivity contribution in [3.05, 3.63) is 11.6 Å². The minimum absolute atomic E-state index is 0.162. The van der Waals surface area contributed by atoms with Crippen LogP contribution in [0.25, 0.3) is 0 Å². The molecule has 0 amide bonds. The lowest BCUT2D eigenvalue weighted by Gasteiger charge is -2.32. The number of ether oxygens (including phenoxy) is 1. The smallest absolute Gasteiger partial charge is 0.252 e. The minimum Gasteiger partial charge on any atom is -0.385 e. The fourth-order valence-corrected chi connectivity index (χ4v) is 5.25. The van der Waals surface area contributed by atoms with E-state index in [1.54, 1.807) is 5.32 Å². The van der Waals surface area contributed by atoms with E-state index >= 15 is 0 Å². The van der Waals surface area contributed by atoms with Crippen molar-refractivity contribution in [2.24, 2.45) is 5.14 Å². The van der Waals surface area contributed by atoms with Crippen molar-refractivity contribution in [3.63, 3.8) is 0 Å². The third-order valence-electron chi connectivity index (χ3n) is 2.56. The minimum atomic E-state index is -5.32. The Balaban J connectivity index is 3.05. The lowest BCUT2D eigenvalue weighted by Crippen LogP contribution is -2.43. The van der Waals surface area contributed by atoms with Crippen LogP contribution in [0.1, 0.15) is 39.9 Å². The lowest BCUT2D eigenvalue weighted by atomic mass is 10.1. The average Bonchev–Trinajstić information content (AvgIpc) is 2.96. The van der Waals surface area contributed by atoms with Crippen LogP contribution in [0, 0.1) is 0 Å². The topological polar surface area (TPSA) is 119 Å². The molecule has 0 aromatic carbocycles. The van der Waals surface area contributed by atoms with Crippen LogP contribution in [-0.2, 0) is 24.8 Å². The molecule has 0 saturated heterocycles. The molecule has 2 rings (SSSR count). The van der Waals surface area contributed by atoms with Gasteiger partial charge in [0.15, 0.2) is 0 Å². The number of primary sulfonamides is 1. The SMILES string of the molecule is [2H]c1c(S(N)(=O)=O)sc2c1[C@@]([2H])(NC([2H])([2H])C([2H])([2H])[2H])C([2H])([2H])N(C([2H])([2H])CCOC)S2(=O)=O. The van der Waals surface area contributed by atoms with Gasteiger partial charge in [0.1, 0.15) is 8.42 Å². The Morgan fingerprint density at radius 1 is 1.78 bits per heavy atom. The van der Waals surface area contributed by atoms with Gasteiger partial charge in [-0.2, -0.15) is 4.31 Å². The summed E-state index contributed by atoms with van der Waals surface area (Å²) in [4.78, 5) is 0. The number of nitrogens with one attached hydrogen (secondary N) is 1. The molecule has 0 bridgehead atoms. The van der Waals surface area contributed by atoms with E-state index < -0.39 is 89.8 Å². The second-order valence-electron chi connectivity index (χ2n) is 4.13. The van der Waals surface area contributed by atoms with Crippen LogP contribution in [0.3, 0.4) is 0 Å². The van der Waals surface area contributed by atoms with E-state index in [4.69, 9.17) is 25.0 Å². The summed E-state index contributed by atoms with van der Waals surface area (Å²) in [6, 6.07) is -4.79. The number of nitrogens with two attached hydrogens (primary N) is 1. The Kier molecular flexibility index (Phi) is 2.70. The van der Waals surface area contributed by atoms with Crippen LogP contribution in [-0.4, -0.2) is 54.3 Å². The van der Waals surface area contributed by atoms with Gasteiger partial charge in [0.25, 0.3) is 10.0 Å². The van der Waals surface area contributed by atoms with E-state index in [9.17, 15) is 16.8 Å². The van der Waals surface area contributed by atoms with Gasteiger partial charge in [0.05, 0.1) is 2.74 Å². The molecular formula is C12H21N3O5S3. The van der Waals surface area contributed by atoms with Crippen LogP contribution in [0.4, 0.5) is 0 Å². The highest BCUT2D eigenvalue weighted by atomic mass is 32.3. The number of fused-ring (bicyclic) bond motifs is 1. The second-order valence-corrected chi connectivity index (χ2v) is 8.89. The standard InChI is InChI=1S/C12H21N3O5S3/c1-3-14-10-8-15(5-4-6-20-2)23(18,19)12-9(10)7-11(21-12)22(13,16)17/h7,10,14H,3-6,8H2,1-2H3,(H2,13,16,17)/t10-/m0/s1/i1D3,3D2,5D2,7D,8D2,10D.